The SMILES string of the molecule is CC(C)NCC1CCCc2ccccc2N1. The van der Waals surface area contributed by atoms with E-state index in [4.69, 9.17) is 0 Å². The summed E-state index contributed by atoms with van der Waals surface area (Å²) < 4.78 is 0. The molecule has 1 aromatic rings. The van der Waals surface area contributed by atoms with E-state index in [1.54, 1.807) is 0 Å². The van der Waals surface area contributed by atoms with Crippen LogP contribution in [0.25, 0.3) is 0 Å². The molecule has 1 heterocycles. The Bertz CT molecular complexity index is 333. The Kier molecular flexibility index (Phi) is 3.83. The molecule has 0 bridgehead atoms. The number of benzene rings is 1. The van der Waals surface area contributed by atoms with Crippen LogP contribution in [0.15, 0.2) is 24.3 Å². The summed E-state index contributed by atoms with van der Waals surface area (Å²) in [6, 6.07) is 9.83. The van der Waals surface area contributed by atoms with Crippen molar-refractivity contribution in [1.29, 1.82) is 0 Å². The van der Waals surface area contributed by atoms with E-state index in [9.17, 15) is 0 Å². The van der Waals surface area contributed by atoms with Crippen LogP contribution in [-0.2, 0) is 6.42 Å². The van der Waals surface area contributed by atoms with Crippen LogP contribution in [0.3, 0.4) is 0 Å². The molecule has 0 aliphatic carbocycles. The summed E-state index contributed by atoms with van der Waals surface area (Å²) in [5.74, 6) is 0. The summed E-state index contributed by atoms with van der Waals surface area (Å²) in [6.45, 7) is 5.46. The normalized spacial score (nSPS) is 20.1. The molecule has 2 rings (SSSR count). The van der Waals surface area contributed by atoms with Gasteiger partial charge in [-0.05, 0) is 30.9 Å². The molecule has 0 spiro atoms. The van der Waals surface area contributed by atoms with Crippen LogP contribution in [0.1, 0.15) is 32.3 Å². The van der Waals surface area contributed by atoms with Crippen molar-refractivity contribution in [2.24, 2.45) is 0 Å². The zero-order valence-corrected chi connectivity index (χ0v) is 10.3. The highest BCUT2D eigenvalue weighted by molar-refractivity contribution is 5.52. The van der Waals surface area contributed by atoms with Crippen molar-refractivity contribution in [2.75, 3.05) is 11.9 Å². The minimum atomic E-state index is 0.570. The molecular formula is C14H22N2. The first-order valence-corrected chi connectivity index (χ1v) is 6.33. The molecule has 2 heteroatoms. The summed E-state index contributed by atoms with van der Waals surface area (Å²) in [5.41, 5.74) is 2.80. The van der Waals surface area contributed by atoms with Gasteiger partial charge in [-0.1, -0.05) is 32.0 Å². The Hall–Kier alpha value is -1.02. The highest BCUT2D eigenvalue weighted by atomic mass is 15.0. The van der Waals surface area contributed by atoms with E-state index in [1.807, 2.05) is 0 Å². The number of rotatable bonds is 3. The third kappa shape index (κ3) is 2.99. The summed E-state index contributed by atoms with van der Waals surface area (Å²) in [6.07, 6.45) is 3.75. The highest BCUT2D eigenvalue weighted by Gasteiger charge is 2.14. The van der Waals surface area contributed by atoms with E-state index in [1.165, 1.54) is 30.5 Å². The summed E-state index contributed by atoms with van der Waals surface area (Å²) in [5, 5.41) is 7.16. The first kappa shape index (κ1) is 11.5. The van der Waals surface area contributed by atoms with Crippen molar-refractivity contribution < 1.29 is 0 Å². The predicted octanol–water partition coefficient (Wildman–Crippen LogP) is 2.80. The Balaban J connectivity index is 1.99. The molecule has 2 N–H and O–H groups in total. The Morgan fingerprint density at radius 3 is 3.00 bits per heavy atom. The fourth-order valence-corrected chi connectivity index (χ4v) is 2.24. The molecule has 1 aliphatic heterocycles. The van der Waals surface area contributed by atoms with Gasteiger partial charge in [-0.15, -0.1) is 0 Å². The van der Waals surface area contributed by atoms with E-state index in [0.29, 0.717) is 12.1 Å². The van der Waals surface area contributed by atoms with Crippen molar-refractivity contribution in [1.82, 2.24) is 5.32 Å². The third-order valence-corrected chi connectivity index (χ3v) is 3.15. The van der Waals surface area contributed by atoms with E-state index < -0.39 is 0 Å². The number of hydrogen-bond donors (Lipinski definition) is 2. The van der Waals surface area contributed by atoms with E-state index in [2.05, 4.69) is 48.7 Å². The van der Waals surface area contributed by atoms with Crippen molar-refractivity contribution in [3.63, 3.8) is 0 Å². The molecule has 1 unspecified atom stereocenters. The van der Waals surface area contributed by atoms with E-state index in [0.717, 1.165) is 6.54 Å². The van der Waals surface area contributed by atoms with Gasteiger partial charge >= 0.3 is 0 Å². The van der Waals surface area contributed by atoms with Gasteiger partial charge in [-0.2, -0.15) is 0 Å². The highest BCUT2D eigenvalue weighted by Crippen LogP contribution is 2.23. The monoisotopic (exact) mass is 218 g/mol. The van der Waals surface area contributed by atoms with Gasteiger partial charge in [0.1, 0.15) is 0 Å². The third-order valence-electron chi connectivity index (χ3n) is 3.15. The minimum Gasteiger partial charge on any atom is -0.381 e. The fourth-order valence-electron chi connectivity index (χ4n) is 2.24. The van der Waals surface area contributed by atoms with Crippen molar-refractivity contribution in [3.8, 4) is 0 Å². The molecule has 1 atom stereocenters. The molecule has 0 saturated carbocycles. The van der Waals surface area contributed by atoms with Gasteiger partial charge in [-0.25, -0.2) is 0 Å². The first-order valence-electron chi connectivity index (χ1n) is 6.33. The van der Waals surface area contributed by atoms with Crippen LogP contribution >= 0.6 is 0 Å². The maximum absolute atomic E-state index is 3.65. The van der Waals surface area contributed by atoms with Gasteiger partial charge < -0.3 is 10.6 Å². The number of hydrogen-bond acceptors (Lipinski definition) is 2. The molecule has 16 heavy (non-hydrogen) atoms. The standard InChI is InChI=1S/C14H22N2/c1-11(2)15-10-13-8-5-7-12-6-3-4-9-14(12)16-13/h3-4,6,9,11,13,15-16H,5,7-8,10H2,1-2H3. The van der Waals surface area contributed by atoms with Gasteiger partial charge in [0, 0.05) is 24.3 Å². The molecule has 0 fully saturated rings. The second-order valence-corrected chi connectivity index (χ2v) is 4.95. The van der Waals surface area contributed by atoms with Gasteiger partial charge in [0.25, 0.3) is 0 Å². The van der Waals surface area contributed by atoms with Crippen molar-refractivity contribution in [3.05, 3.63) is 29.8 Å². The molecule has 0 radical (unpaired) electrons. The van der Waals surface area contributed by atoms with E-state index >= 15 is 0 Å². The molecular weight excluding hydrogens is 196 g/mol. The average Bonchev–Trinajstić information content (AvgIpc) is 2.47. The van der Waals surface area contributed by atoms with Crippen LogP contribution in [-0.4, -0.2) is 18.6 Å². The average molecular weight is 218 g/mol. The second kappa shape index (κ2) is 5.35. The number of fused-ring (bicyclic) bond motifs is 1. The first-order chi connectivity index (χ1) is 7.75. The summed E-state index contributed by atoms with van der Waals surface area (Å²) >= 11 is 0. The molecule has 0 aromatic heterocycles. The van der Waals surface area contributed by atoms with E-state index in [-0.39, 0.29) is 0 Å². The fraction of sp³-hybridized carbons (Fsp3) is 0.571. The lowest BCUT2D eigenvalue weighted by molar-refractivity contribution is 0.519. The summed E-state index contributed by atoms with van der Waals surface area (Å²) in [7, 11) is 0. The number of aryl methyl sites for hydroxylation is 1. The van der Waals surface area contributed by atoms with Gasteiger partial charge in [0.15, 0.2) is 0 Å². The maximum Gasteiger partial charge on any atom is 0.0386 e. The van der Waals surface area contributed by atoms with Crippen LogP contribution in [0.4, 0.5) is 5.69 Å². The van der Waals surface area contributed by atoms with Crippen molar-refractivity contribution >= 4 is 5.69 Å². The molecule has 0 saturated heterocycles. The number of para-hydroxylation sites is 1. The smallest absolute Gasteiger partial charge is 0.0386 e. The Morgan fingerprint density at radius 2 is 2.19 bits per heavy atom. The van der Waals surface area contributed by atoms with Crippen molar-refractivity contribution in [2.45, 2.75) is 45.2 Å². The lowest BCUT2D eigenvalue weighted by Gasteiger charge is -2.20. The van der Waals surface area contributed by atoms with Crippen LogP contribution in [0, 0.1) is 0 Å². The zero-order valence-electron chi connectivity index (χ0n) is 10.3. The lowest BCUT2D eigenvalue weighted by Crippen LogP contribution is -2.36. The van der Waals surface area contributed by atoms with Gasteiger partial charge in [0.05, 0.1) is 0 Å². The summed E-state index contributed by atoms with van der Waals surface area (Å²) in [4.78, 5) is 0. The lowest BCUT2D eigenvalue weighted by atomic mass is 10.1. The number of nitrogens with one attached hydrogen (secondary N) is 2. The molecule has 0 amide bonds. The topological polar surface area (TPSA) is 24.1 Å². The van der Waals surface area contributed by atoms with Crippen LogP contribution in [0.5, 0.6) is 0 Å². The predicted molar refractivity (Wildman–Crippen MR) is 69.9 cm³/mol. The van der Waals surface area contributed by atoms with Gasteiger partial charge in [0.2, 0.25) is 0 Å². The zero-order chi connectivity index (χ0) is 11.4. The van der Waals surface area contributed by atoms with Gasteiger partial charge in [-0.3, -0.25) is 0 Å². The molecule has 2 nitrogen and oxygen atoms in total. The second-order valence-electron chi connectivity index (χ2n) is 4.95. The molecule has 88 valence electrons. The Labute approximate surface area is 98.4 Å². The molecule has 1 aromatic carbocycles. The Morgan fingerprint density at radius 1 is 1.38 bits per heavy atom. The molecule has 1 aliphatic rings. The van der Waals surface area contributed by atoms with Crippen LogP contribution < -0.4 is 10.6 Å². The minimum absolute atomic E-state index is 0.570. The largest absolute Gasteiger partial charge is 0.381 e. The number of anilines is 1. The quantitative estimate of drug-likeness (QED) is 0.815. The van der Waals surface area contributed by atoms with Crippen LogP contribution in [0.2, 0.25) is 0 Å². The maximum atomic E-state index is 3.65.